The van der Waals surface area contributed by atoms with Gasteiger partial charge in [-0.2, -0.15) is 0 Å². The predicted octanol–water partition coefficient (Wildman–Crippen LogP) is 2.44. The molecule has 5 heteroatoms. The van der Waals surface area contributed by atoms with Crippen molar-refractivity contribution < 1.29 is 9.53 Å². The molecule has 0 saturated carbocycles. The maximum Gasteiger partial charge on any atom is 0.237 e. The maximum absolute atomic E-state index is 12.2. The van der Waals surface area contributed by atoms with E-state index >= 15 is 0 Å². The maximum atomic E-state index is 12.2. The first-order chi connectivity index (χ1) is 9.99. The molecule has 0 bridgehead atoms. The smallest absolute Gasteiger partial charge is 0.237 e. The molecule has 0 aliphatic carbocycles. The van der Waals surface area contributed by atoms with Crippen LogP contribution in [0.4, 0.5) is 0 Å². The Morgan fingerprint density at radius 3 is 2.52 bits per heavy atom. The van der Waals surface area contributed by atoms with Gasteiger partial charge >= 0.3 is 0 Å². The predicted molar refractivity (Wildman–Crippen MR) is 87.0 cm³/mol. The van der Waals surface area contributed by atoms with Crippen LogP contribution in [-0.2, 0) is 16.1 Å². The molecule has 1 saturated heterocycles. The molecule has 1 amide bonds. The number of ether oxygens (including phenoxy) is 1. The van der Waals surface area contributed by atoms with E-state index in [4.69, 9.17) is 10.5 Å². The Hall–Kier alpha value is -0.910. The van der Waals surface area contributed by atoms with Gasteiger partial charge in [-0.25, -0.2) is 0 Å². The Kier molecular flexibility index (Phi) is 5.79. The molecule has 1 aliphatic rings. The van der Waals surface area contributed by atoms with E-state index < -0.39 is 6.04 Å². The minimum absolute atomic E-state index is 0.0661. The Morgan fingerprint density at radius 1 is 1.38 bits per heavy atom. The Morgan fingerprint density at radius 2 is 1.95 bits per heavy atom. The molecule has 1 unspecified atom stereocenters. The highest BCUT2D eigenvalue weighted by molar-refractivity contribution is 9.10. The third kappa shape index (κ3) is 4.28. The van der Waals surface area contributed by atoms with E-state index in [0.717, 1.165) is 22.9 Å². The molecule has 116 valence electrons. The summed E-state index contributed by atoms with van der Waals surface area (Å²) < 4.78 is 6.37. The highest BCUT2D eigenvalue weighted by atomic mass is 79.9. The summed E-state index contributed by atoms with van der Waals surface area (Å²) in [5.74, 6) is 0.162. The highest BCUT2D eigenvalue weighted by Crippen LogP contribution is 2.21. The van der Waals surface area contributed by atoms with Crippen molar-refractivity contribution in [1.82, 2.24) is 5.32 Å². The molecule has 1 atom stereocenters. The van der Waals surface area contributed by atoms with Gasteiger partial charge in [0.05, 0.1) is 6.04 Å². The van der Waals surface area contributed by atoms with Crippen molar-refractivity contribution >= 4 is 21.8 Å². The highest BCUT2D eigenvalue weighted by Gasteiger charge is 2.26. The van der Waals surface area contributed by atoms with Crippen LogP contribution >= 0.6 is 15.9 Å². The van der Waals surface area contributed by atoms with Crippen LogP contribution < -0.4 is 11.1 Å². The van der Waals surface area contributed by atoms with Crippen LogP contribution in [-0.4, -0.2) is 25.2 Å². The minimum atomic E-state index is -0.440. The van der Waals surface area contributed by atoms with Crippen LogP contribution in [0.5, 0.6) is 0 Å². The van der Waals surface area contributed by atoms with E-state index in [1.165, 1.54) is 11.1 Å². The fourth-order valence-corrected chi connectivity index (χ4v) is 3.49. The number of aryl methyl sites for hydroxylation is 2. The number of nitrogens with two attached hydrogens (primary N) is 1. The van der Waals surface area contributed by atoms with E-state index in [9.17, 15) is 4.79 Å². The molecule has 0 radical (unpaired) electrons. The van der Waals surface area contributed by atoms with Gasteiger partial charge in [-0.05, 0) is 61.4 Å². The van der Waals surface area contributed by atoms with Crippen molar-refractivity contribution in [3.8, 4) is 0 Å². The molecule has 1 aromatic carbocycles. The van der Waals surface area contributed by atoms with Gasteiger partial charge in [-0.1, -0.05) is 15.9 Å². The molecule has 1 fully saturated rings. The van der Waals surface area contributed by atoms with Crippen LogP contribution in [0.1, 0.15) is 29.5 Å². The molecule has 1 aromatic rings. The summed E-state index contributed by atoms with van der Waals surface area (Å²) in [6.07, 6.45) is 1.73. The zero-order valence-corrected chi connectivity index (χ0v) is 14.2. The van der Waals surface area contributed by atoms with Gasteiger partial charge in [0, 0.05) is 24.2 Å². The third-order valence-electron chi connectivity index (χ3n) is 4.18. The van der Waals surface area contributed by atoms with Crippen molar-refractivity contribution in [2.45, 2.75) is 39.3 Å². The summed E-state index contributed by atoms with van der Waals surface area (Å²) in [5, 5.41) is 2.98. The Labute approximate surface area is 134 Å². The Bertz CT molecular complexity index is 490. The lowest BCUT2D eigenvalue weighted by atomic mass is 9.91. The summed E-state index contributed by atoms with van der Waals surface area (Å²) in [6, 6.07) is 3.68. The molecule has 3 N–H and O–H groups in total. The van der Waals surface area contributed by atoms with Crippen LogP contribution in [0.15, 0.2) is 16.6 Å². The lowest BCUT2D eigenvalue weighted by Gasteiger charge is -2.27. The second-order valence-corrected chi connectivity index (χ2v) is 6.63. The third-order valence-corrected chi connectivity index (χ3v) is 4.63. The number of amides is 1. The average molecular weight is 355 g/mol. The minimum Gasteiger partial charge on any atom is -0.381 e. The first kappa shape index (κ1) is 16.5. The van der Waals surface area contributed by atoms with Gasteiger partial charge < -0.3 is 15.8 Å². The number of rotatable bonds is 4. The fraction of sp³-hybridized carbons (Fsp3) is 0.562. The summed E-state index contributed by atoms with van der Waals surface area (Å²) in [7, 11) is 0. The summed E-state index contributed by atoms with van der Waals surface area (Å²) in [4.78, 5) is 12.2. The van der Waals surface area contributed by atoms with Crippen molar-refractivity contribution in [3.05, 3.63) is 33.3 Å². The topological polar surface area (TPSA) is 64.4 Å². The van der Waals surface area contributed by atoms with Crippen molar-refractivity contribution in [3.63, 3.8) is 0 Å². The SMILES string of the molecule is Cc1cc(Br)cc(C)c1CNC(=O)C(N)C1CCOCC1. The molecule has 1 heterocycles. The average Bonchev–Trinajstić information content (AvgIpc) is 2.46. The quantitative estimate of drug-likeness (QED) is 0.872. The largest absolute Gasteiger partial charge is 0.381 e. The standard InChI is InChI=1S/C16H23BrN2O2/c1-10-7-13(17)8-11(2)14(10)9-19-16(20)15(18)12-3-5-21-6-4-12/h7-8,12,15H,3-6,9,18H2,1-2H3,(H,19,20). The van der Waals surface area contributed by atoms with Gasteiger partial charge in [0.25, 0.3) is 0 Å². The molecule has 2 rings (SSSR count). The van der Waals surface area contributed by atoms with E-state index in [1.807, 2.05) is 0 Å². The molecule has 4 nitrogen and oxygen atoms in total. The first-order valence-electron chi connectivity index (χ1n) is 7.35. The second kappa shape index (κ2) is 7.38. The van der Waals surface area contributed by atoms with Gasteiger partial charge in [-0.3, -0.25) is 4.79 Å². The number of carbonyl (C=O) groups is 1. The van der Waals surface area contributed by atoms with Gasteiger partial charge in [-0.15, -0.1) is 0 Å². The zero-order chi connectivity index (χ0) is 15.4. The van der Waals surface area contributed by atoms with Crippen molar-refractivity contribution in [2.24, 2.45) is 11.7 Å². The van der Waals surface area contributed by atoms with Gasteiger partial charge in [0.1, 0.15) is 0 Å². The number of carbonyl (C=O) groups excluding carboxylic acids is 1. The van der Waals surface area contributed by atoms with E-state index in [2.05, 4.69) is 47.2 Å². The van der Waals surface area contributed by atoms with Crippen molar-refractivity contribution in [1.29, 1.82) is 0 Å². The fourth-order valence-electron chi connectivity index (χ4n) is 2.80. The van der Waals surface area contributed by atoms with E-state index in [1.54, 1.807) is 0 Å². The lowest BCUT2D eigenvalue weighted by molar-refractivity contribution is -0.124. The van der Waals surface area contributed by atoms with Crippen molar-refractivity contribution in [2.75, 3.05) is 13.2 Å². The van der Waals surface area contributed by atoms with Crippen LogP contribution in [0, 0.1) is 19.8 Å². The van der Waals surface area contributed by atoms with Crippen LogP contribution in [0.2, 0.25) is 0 Å². The summed E-state index contributed by atoms with van der Waals surface area (Å²) >= 11 is 3.48. The van der Waals surface area contributed by atoms with Gasteiger partial charge in [0.2, 0.25) is 5.91 Å². The monoisotopic (exact) mass is 354 g/mol. The number of hydrogen-bond acceptors (Lipinski definition) is 3. The van der Waals surface area contributed by atoms with Crippen LogP contribution in [0.25, 0.3) is 0 Å². The normalized spacial score (nSPS) is 17.5. The molecular weight excluding hydrogens is 332 g/mol. The first-order valence-corrected chi connectivity index (χ1v) is 8.15. The van der Waals surface area contributed by atoms with Crippen LogP contribution in [0.3, 0.4) is 0 Å². The van der Waals surface area contributed by atoms with E-state index in [-0.39, 0.29) is 11.8 Å². The number of benzene rings is 1. The van der Waals surface area contributed by atoms with E-state index in [0.29, 0.717) is 19.8 Å². The summed E-state index contributed by atoms with van der Waals surface area (Å²) in [6.45, 7) is 6.04. The number of halogens is 1. The van der Waals surface area contributed by atoms with Gasteiger partial charge in [0.15, 0.2) is 0 Å². The lowest BCUT2D eigenvalue weighted by Crippen LogP contribution is -2.46. The molecular formula is C16H23BrN2O2. The molecule has 0 spiro atoms. The molecule has 1 aliphatic heterocycles. The molecule has 0 aromatic heterocycles. The summed E-state index contributed by atoms with van der Waals surface area (Å²) in [5.41, 5.74) is 9.58. The second-order valence-electron chi connectivity index (χ2n) is 5.71. The number of nitrogens with one attached hydrogen (secondary N) is 1. The zero-order valence-electron chi connectivity index (χ0n) is 12.6. The molecule has 21 heavy (non-hydrogen) atoms. The number of hydrogen-bond donors (Lipinski definition) is 2. The Balaban J connectivity index is 1.94.